The monoisotopic (exact) mass is 353 g/mol. The summed E-state index contributed by atoms with van der Waals surface area (Å²) in [4.78, 5) is 11.8. The van der Waals surface area contributed by atoms with Crippen molar-refractivity contribution in [3.05, 3.63) is 58.6 Å². The first-order valence-corrected chi connectivity index (χ1v) is 7.18. The first kappa shape index (κ1) is 17.7. The summed E-state index contributed by atoms with van der Waals surface area (Å²) >= 11 is 6.07. The molecule has 2 aromatic rings. The lowest BCUT2D eigenvalue weighted by Crippen LogP contribution is -2.09. The molecule has 0 aromatic heterocycles. The fraction of sp³-hybridized carbons (Fsp3) is 0.118. The van der Waals surface area contributed by atoms with Crippen molar-refractivity contribution in [2.24, 2.45) is 0 Å². The van der Waals surface area contributed by atoms with Crippen molar-refractivity contribution in [2.45, 2.75) is 0 Å². The van der Waals surface area contributed by atoms with Gasteiger partial charge < -0.3 is 14.8 Å². The molecule has 0 bridgehead atoms. The maximum absolute atomic E-state index is 13.5. The smallest absolute Gasteiger partial charge is 0.248 e. The number of benzene rings is 2. The summed E-state index contributed by atoms with van der Waals surface area (Å²) in [5, 5.41) is 2.64. The Kier molecular flexibility index (Phi) is 5.76. The molecule has 0 unspecified atom stereocenters. The van der Waals surface area contributed by atoms with Crippen LogP contribution in [0.4, 0.5) is 14.5 Å². The summed E-state index contributed by atoms with van der Waals surface area (Å²) in [6.07, 6.45) is 2.67. The van der Waals surface area contributed by atoms with Gasteiger partial charge in [-0.05, 0) is 35.9 Å². The van der Waals surface area contributed by atoms with E-state index in [9.17, 15) is 13.6 Å². The zero-order chi connectivity index (χ0) is 17.7. The Morgan fingerprint density at radius 3 is 2.54 bits per heavy atom. The number of carbonyl (C=O) groups excluding carboxylic acids is 1. The van der Waals surface area contributed by atoms with E-state index in [0.717, 1.165) is 12.1 Å². The third-order valence-electron chi connectivity index (χ3n) is 3.07. The van der Waals surface area contributed by atoms with Gasteiger partial charge in [0.1, 0.15) is 11.6 Å². The van der Waals surface area contributed by atoms with E-state index in [-0.39, 0.29) is 5.69 Å². The van der Waals surface area contributed by atoms with Crippen LogP contribution in [-0.2, 0) is 4.79 Å². The fourth-order valence-corrected chi connectivity index (χ4v) is 2.27. The van der Waals surface area contributed by atoms with Crippen LogP contribution in [-0.4, -0.2) is 20.1 Å². The van der Waals surface area contributed by atoms with Gasteiger partial charge in [-0.1, -0.05) is 11.6 Å². The standard InChI is InChI=1S/C17H14ClF2NO3/c1-23-15-8-10(7-12(18)17(15)24-2)3-6-16(22)21-14-5-4-11(19)9-13(14)20/h3-9H,1-2H3,(H,21,22)/b6-3+. The Bertz CT molecular complexity index is 794. The molecule has 2 aromatic carbocycles. The van der Waals surface area contributed by atoms with Gasteiger partial charge in [-0.25, -0.2) is 8.78 Å². The number of anilines is 1. The molecule has 1 amide bonds. The van der Waals surface area contributed by atoms with Crippen molar-refractivity contribution in [3.63, 3.8) is 0 Å². The lowest BCUT2D eigenvalue weighted by molar-refractivity contribution is -0.111. The topological polar surface area (TPSA) is 47.6 Å². The first-order chi connectivity index (χ1) is 11.4. The Morgan fingerprint density at radius 1 is 1.17 bits per heavy atom. The zero-order valence-corrected chi connectivity index (χ0v) is 13.7. The van der Waals surface area contributed by atoms with E-state index in [1.165, 1.54) is 26.4 Å². The minimum Gasteiger partial charge on any atom is -0.493 e. The van der Waals surface area contributed by atoms with Crippen LogP contribution in [0.1, 0.15) is 5.56 Å². The van der Waals surface area contributed by atoms with Crippen molar-refractivity contribution in [1.29, 1.82) is 0 Å². The molecule has 0 fully saturated rings. The molecule has 24 heavy (non-hydrogen) atoms. The average molecular weight is 354 g/mol. The van der Waals surface area contributed by atoms with Crippen molar-refractivity contribution in [1.82, 2.24) is 0 Å². The quantitative estimate of drug-likeness (QED) is 0.816. The summed E-state index contributed by atoms with van der Waals surface area (Å²) in [5.41, 5.74) is 0.476. The van der Waals surface area contributed by atoms with Gasteiger partial charge in [0.05, 0.1) is 24.9 Å². The highest BCUT2D eigenvalue weighted by Crippen LogP contribution is 2.36. The number of methoxy groups -OCH3 is 2. The lowest BCUT2D eigenvalue weighted by Gasteiger charge is -2.10. The van der Waals surface area contributed by atoms with Gasteiger partial charge in [-0.15, -0.1) is 0 Å². The van der Waals surface area contributed by atoms with Gasteiger partial charge in [0.2, 0.25) is 5.91 Å². The second-order valence-corrected chi connectivity index (χ2v) is 5.09. The van der Waals surface area contributed by atoms with Gasteiger partial charge in [0, 0.05) is 12.1 Å². The van der Waals surface area contributed by atoms with Crippen LogP contribution >= 0.6 is 11.6 Å². The summed E-state index contributed by atoms with van der Waals surface area (Å²) in [7, 11) is 2.93. The number of nitrogens with one attached hydrogen (secondary N) is 1. The Hall–Kier alpha value is -2.60. The number of halogens is 3. The maximum atomic E-state index is 13.5. The highest BCUT2D eigenvalue weighted by molar-refractivity contribution is 6.32. The fourth-order valence-electron chi connectivity index (χ4n) is 1.97. The van der Waals surface area contributed by atoms with Gasteiger partial charge in [-0.2, -0.15) is 0 Å². The van der Waals surface area contributed by atoms with E-state index in [4.69, 9.17) is 21.1 Å². The second-order valence-electron chi connectivity index (χ2n) is 4.68. The Morgan fingerprint density at radius 2 is 1.92 bits per heavy atom. The Labute approximate surface area is 142 Å². The van der Waals surface area contributed by atoms with Crippen LogP contribution < -0.4 is 14.8 Å². The van der Waals surface area contributed by atoms with E-state index in [0.29, 0.717) is 28.2 Å². The minimum absolute atomic E-state index is 0.114. The Balaban J connectivity index is 2.15. The molecule has 1 N–H and O–H groups in total. The summed E-state index contributed by atoms with van der Waals surface area (Å²) in [6.45, 7) is 0. The largest absolute Gasteiger partial charge is 0.493 e. The molecule has 0 radical (unpaired) electrons. The molecule has 0 saturated carbocycles. The third kappa shape index (κ3) is 4.23. The molecule has 126 valence electrons. The predicted octanol–water partition coefficient (Wildman–Crippen LogP) is 4.29. The molecule has 0 saturated heterocycles. The van der Waals surface area contributed by atoms with Gasteiger partial charge in [0.25, 0.3) is 0 Å². The normalized spacial score (nSPS) is 10.7. The molecule has 0 aliphatic rings. The van der Waals surface area contributed by atoms with Crippen LogP contribution in [0.15, 0.2) is 36.4 Å². The van der Waals surface area contributed by atoms with Crippen LogP contribution in [0, 0.1) is 11.6 Å². The van der Waals surface area contributed by atoms with Gasteiger partial charge in [0.15, 0.2) is 11.5 Å². The number of ether oxygens (including phenoxy) is 2. The van der Waals surface area contributed by atoms with Crippen molar-refractivity contribution in [3.8, 4) is 11.5 Å². The highest BCUT2D eigenvalue weighted by Gasteiger charge is 2.10. The molecule has 0 heterocycles. The van der Waals surface area contributed by atoms with Gasteiger partial charge >= 0.3 is 0 Å². The summed E-state index contributed by atoms with van der Waals surface area (Å²) in [5.74, 6) is -1.36. The molecule has 0 aliphatic heterocycles. The number of rotatable bonds is 5. The molecule has 0 atom stereocenters. The third-order valence-corrected chi connectivity index (χ3v) is 3.35. The molecule has 2 rings (SSSR count). The lowest BCUT2D eigenvalue weighted by atomic mass is 10.2. The van der Waals surface area contributed by atoms with Crippen LogP contribution in [0.5, 0.6) is 11.5 Å². The molecule has 7 heteroatoms. The van der Waals surface area contributed by atoms with Crippen molar-refractivity contribution >= 4 is 29.3 Å². The molecule has 0 aliphatic carbocycles. The predicted molar refractivity (Wildman–Crippen MR) is 88.6 cm³/mol. The molecule has 0 spiro atoms. The molecular weight excluding hydrogens is 340 g/mol. The number of hydrogen-bond donors (Lipinski definition) is 1. The van der Waals surface area contributed by atoms with E-state index in [1.807, 2.05) is 0 Å². The number of carbonyl (C=O) groups is 1. The van der Waals surface area contributed by atoms with E-state index in [2.05, 4.69) is 5.32 Å². The summed E-state index contributed by atoms with van der Waals surface area (Å²) in [6, 6.07) is 6.10. The highest BCUT2D eigenvalue weighted by atomic mass is 35.5. The van der Waals surface area contributed by atoms with Crippen LogP contribution in [0.25, 0.3) is 6.08 Å². The zero-order valence-electron chi connectivity index (χ0n) is 12.9. The minimum atomic E-state index is -0.856. The van der Waals surface area contributed by atoms with E-state index < -0.39 is 17.5 Å². The number of amides is 1. The number of hydrogen-bond acceptors (Lipinski definition) is 3. The second kappa shape index (κ2) is 7.79. The first-order valence-electron chi connectivity index (χ1n) is 6.80. The average Bonchev–Trinajstić information content (AvgIpc) is 2.55. The van der Waals surface area contributed by atoms with Crippen molar-refractivity contribution < 1.29 is 23.0 Å². The summed E-state index contributed by atoms with van der Waals surface area (Å²) < 4.78 is 36.6. The van der Waals surface area contributed by atoms with Crippen molar-refractivity contribution in [2.75, 3.05) is 19.5 Å². The van der Waals surface area contributed by atoms with Crippen LogP contribution in [0.2, 0.25) is 5.02 Å². The van der Waals surface area contributed by atoms with Crippen LogP contribution in [0.3, 0.4) is 0 Å². The van der Waals surface area contributed by atoms with E-state index >= 15 is 0 Å². The molecule has 4 nitrogen and oxygen atoms in total. The van der Waals surface area contributed by atoms with E-state index in [1.54, 1.807) is 12.1 Å². The maximum Gasteiger partial charge on any atom is 0.248 e. The SMILES string of the molecule is COc1cc(/C=C/C(=O)Nc2ccc(F)cc2F)cc(Cl)c1OC. The molecular formula is C17H14ClF2NO3. The van der Waals surface area contributed by atoms with Gasteiger partial charge in [-0.3, -0.25) is 4.79 Å².